The molecule has 0 saturated carbocycles. The number of aromatic nitrogens is 1. The lowest BCUT2D eigenvalue weighted by Gasteiger charge is -2.14. The van der Waals surface area contributed by atoms with E-state index in [1.165, 1.54) is 5.56 Å². The zero-order valence-electron chi connectivity index (χ0n) is 12.3. The zero-order valence-corrected chi connectivity index (χ0v) is 12.3. The fraction of sp³-hybridized carbons (Fsp3) is 0.105. The summed E-state index contributed by atoms with van der Waals surface area (Å²) < 4.78 is 0. The number of rotatable bonds is 4. The lowest BCUT2D eigenvalue weighted by Crippen LogP contribution is -2.15. The molecule has 0 spiro atoms. The quantitative estimate of drug-likeness (QED) is 0.771. The summed E-state index contributed by atoms with van der Waals surface area (Å²) >= 11 is 0. The zero-order chi connectivity index (χ0) is 15.4. The molecule has 1 heterocycles. The highest BCUT2D eigenvalue weighted by Crippen LogP contribution is 2.24. The van der Waals surface area contributed by atoms with Gasteiger partial charge in [0.05, 0.1) is 11.7 Å². The van der Waals surface area contributed by atoms with E-state index >= 15 is 0 Å². The number of anilines is 1. The first-order chi connectivity index (χ1) is 10.7. The maximum atomic E-state index is 6.32. The first-order valence-electron chi connectivity index (χ1n) is 7.35. The number of pyridine rings is 1. The van der Waals surface area contributed by atoms with Crippen LogP contribution in [0.25, 0.3) is 11.1 Å². The fourth-order valence-electron chi connectivity index (χ4n) is 2.53. The normalized spacial score (nSPS) is 12.0. The van der Waals surface area contributed by atoms with Crippen LogP contribution in [0.3, 0.4) is 0 Å². The Morgan fingerprint density at radius 1 is 0.818 bits per heavy atom. The number of nitrogen functional groups attached to an aromatic ring is 1. The standard InChI is InChI=1S/C19H19N3/c20-17(11-14-7-3-1-4-8-14)18-12-16(13-19(21)22-18)15-9-5-2-6-10-15/h1-10,12-13,17H,11,20H2,(H2,21,22). The topological polar surface area (TPSA) is 64.9 Å². The van der Waals surface area contributed by atoms with Gasteiger partial charge in [0.2, 0.25) is 0 Å². The Hall–Kier alpha value is -2.65. The molecule has 110 valence electrons. The van der Waals surface area contributed by atoms with E-state index in [4.69, 9.17) is 11.5 Å². The molecule has 3 nitrogen and oxygen atoms in total. The Morgan fingerprint density at radius 3 is 2.14 bits per heavy atom. The Balaban J connectivity index is 1.89. The van der Waals surface area contributed by atoms with Gasteiger partial charge in [-0.3, -0.25) is 0 Å². The predicted octanol–water partition coefficient (Wildman–Crippen LogP) is 3.57. The molecule has 3 heteroatoms. The minimum atomic E-state index is -0.173. The predicted molar refractivity (Wildman–Crippen MR) is 91.2 cm³/mol. The second-order valence-corrected chi connectivity index (χ2v) is 5.37. The summed E-state index contributed by atoms with van der Waals surface area (Å²) in [6.07, 6.45) is 0.742. The molecule has 4 N–H and O–H groups in total. The highest BCUT2D eigenvalue weighted by atomic mass is 14.9. The van der Waals surface area contributed by atoms with Crippen molar-refractivity contribution in [1.82, 2.24) is 4.98 Å². The van der Waals surface area contributed by atoms with Crippen molar-refractivity contribution in [3.63, 3.8) is 0 Å². The molecule has 22 heavy (non-hydrogen) atoms. The van der Waals surface area contributed by atoms with Crippen molar-refractivity contribution in [3.8, 4) is 11.1 Å². The van der Waals surface area contributed by atoms with E-state index in [0.29, 0.717) is 5.82 Å². The third kappa shape index (κ3) is 3.32. The maximum absolute atomic E-state index is 6.32. The summed E-state index contributed by atoms with van der Waals surface area (Å²) in [7, 11) is 0. The second kappa shape index (κ2) is 6.41. The molecule has 2 aromatic carbocycles. The lowest BCUT2D eigenvalue weighted by molar-refractivity contribution is 0.698. The van der Waals surface area contributed by atoms with Gasteiger partial charge in [-0.15, -0.1) is 0 Å². The van der Waals surface area contributed by atoms with Crippen LogP contribution in [0.15, 0.2) is 72.8 Å². The Labute approximate surface area is 130 Å². The second-order valence-electron chi connectivity index (χ2n) is 5.37. The van der Waals surface area contributed by atoms with Crippen LogP contribution in [0.2, 0.25) is 0 Å². The van der Waals surface area contributed by atoms with E-state index in [9.17, 15) is 0 Å². The summed E-state index contributed by atoms with van der Waals surface area (Å²) in [5, 5.41) is 0. The van der Waals surface area contributed by atoms with Crippen molar-refractivity contribution in [2.45, 2.75) is 12.5 Å². The Bertz CT molecular complexity index is 739. The molecule has 0 radical (unpaired) electrons. The number of hydrogen-bond acceptors (Lipinski definition) is 3. The molecule has 0 aliphatic carbocycles. The average molecular weight is 289 g/mol. The molecule has 1 unspecified atom stereocenters. The summed E-state index contributed by atoms with van der Waals surface area (Å²) in [4.78, 5) is 4.41. The van der Waals surface area contributed by atoms with Crippen LogP contribution in [-0.2, 0) is 6.42 Å². The van der Waals surface area contributed by atoms with Crippen LogP contribution < -0.4 is 11.5 Å². The van der Waals surface area contributed by atoms with E-state index < -0.39 is 0 Å². The van der Waals surface area contributed by atoms with Crippen LogP contribution in [-0.4, -0.2) is 4.98 Å². The van der Waals surface area contributed by atoms with Crippen LogP contribution in [0, 0.1) is 0 Å². The van der Waals surface area contributed by atoms with Crippen molar-refractivity contribution in [2.24, 2.45) is 5.73 Å². The van der Waals surface area contributed by atoms with Crippen molar-refractivity contribution in [3.05, 3.63) is 84.1 Å². The maximum Gasteiger partial charge on any atom is 0.124 e. The van der Waals surface area contributed by atoms with E-state index in [1.807, 2.05) is 48.5 Å². The van der Waals surface area contributed by atoms with E-state index in [2.05, 4.69) is 29.2 Å². The van der Waals surface area contributed by atoms with Crippen LogP contribution in [0.1, 0.15) is 17.3 Å². The number of nitrogens with zero attached hydrogens (tertiary/aromatic N) is 1. The molecule has 3 rings (SSSR count). The van der Waals surface area contributed by atoms with Gasteiger partial charge < -0.3 is 11.5 Å². The van der Waals surface area contributed by atoms with Gasteiger partial charge in [0.25, 0.3) is 0 Å². The van der Waals surface area contributed by atoms with Gasteiger partial charge >= 0.3 is 0 Å². The summed E-state index contributed by atoms with van der Waals surface area (Å²) in [5.74, 6) is 0.500. The lowest BCUT2D eigenvalue weighted by atomic mass is 10.00. The molecule has 1 atom stereocenters. The van der Waals surface area contributed by atoms with Gasteiger partial charge in [0.1, 0.15) is 5.82 Å². The minimum absolute atomic E-state index is 0.173. The monoisotopic (exact) mass is 289 g/mol. The van der Waals surface area contributed by atoms with Crippen molar-refractivity contribution in [2.75, 3.05) is 5.73 Å². The molecular weight excluding hydrogens is 270 g/mol. The molecule has 3 aromatic rings. The molecule has 0 aliphatic heterocycles. The van der Waals surface area contributed by atoms with E-state index in [0.717, 1.165) is 23.2 Å². The van der Waals surface area contributed by atoms with Crippen molar-refractivity contribution < 1.29 is 0 Å². The summed E-state index contributed by atoms with van der Waals surface area (Å²) in [5.41, 5.74) is 16.5. The van der Waals surface area contributed by atoms with Gasteiger partial charge in [-0.05, 0) is 35.2 Å². The smallest absolute Gasteiger partial charge is 0.124 e. The Kier molecular flexibility index (Phi) is 4.17. The van der Waals surface area contributed by atoms with Crippen LogP contribution in [0.4, 0.5) is 5.82 Å². The molecular formula is C19H19N3. The highest BCUT2D eigenvalue weighted by Gasteiger charge is 2.11. The minimum Gasteiger partial charge on any atom is -0.384 e. The molecule has 0 aliphatic rings. The third-order valence-electron chi connectivity index (χ3n) is 3.65. The van der Waals surface area contributed by atoms with Gasteiger partial charge in [0, 0.05) is 0 Å². The van der Waals surface area contributed by atoms with Crippen molar-refractivity contribution in [1.29, 1.82) is 0 Å². The van der Waals surface area contributed by atoms with Crippen molar-refractivity contribution >= 4 is 5.82 Å². The third-order valence-corrected chi connectivity index (χ3v) is 3.65. The Morgan fingerprint density at radius 2 is 1.45 bits per heavy atom. The van der Waals surface area contributed by atoms with Gasteiger partial charge in [-0.25, -0.2) is 4.98 Å². The van der Waals surface area contributed by atoms with Crippen LogP contribution >= 0.6 is 0 Å². The molecule has 0 saturated heterocycles. The number of nitrogens with two attached hydrogens (primary N) is 2. The molecule has 0 bridgehead atoms. The summed E-state index contributed by atoms with van der Waals surface area (Å²) in [6.45, 7) is 0. The highest BCUT2D eigenvalue weighted by molar-refractivity contribution is 5.66. The van der Waals surface area contributed by atoms with Crippen LogP contribution in [0.5, 0.6) is 0 Å². The molecule has 0 amide bonds. The SMILES string of the molecule is Nc1cc(-c2ccccc2)cc(C(N)Cc2ccccc2)n1. The first-order valence-corrected chi connectivity index (χ1v) is 7.35. The van der Waals surface area contributed by atoms with E-state index in [1.54, 1.807) is 0 Å². The fourth-order valence-corrected chi connectivity index (χ4v) is 2.53. The largest absolute Gasteiger partial charge is 0.384 e. The average Bonchev–Trinajstić information content (AvgIpc) is 2.56. The summed E-state index contributed by atoms with van der Waals surface area (Å²) in [6, 6.07) is 24.1. The van der Waals surface area contributed by atoms with E-state index in [-0.39, 0.29) is 6.04 Å². The van der Waals surface area contributed by atoms with Gasteiger partial charge in [-0.2, -0.15) is 0 Å². The first kappa shape index (κ1) is 14.3. The van der Waals surface area contributed by atoms with Gasteiger partial charge in [-0.1, -0.05) is 60.7 Å². The molecule has 0 fully saturated rings. The molecule has 1 aromatic heterocycles. The number of benzene rings is 2. The van der Waals surface area contributed by atoms with Gasteiger partial charge in [0.15, 0.2) is 0 Å². The number of hydrogen-bond donors (Lipinski definition) is 2.